The summed E-state index contributed by atoms with van der Waals surface area (Å²) < 4.78 is 5.98. The minimum atomic E-state index is -0.148. The van der Waals surface area contributed by atoms with Crippen LogP contribution in [-0.4, -0.2) is 41.8 Å². The summed E-state index contributed by atoms with van der Waals surface area (Å²) in [7, 11) is 0. The maximum Gasteiger partial charge on any atom is 0.123 e. The van der Waals surface area contributed by atoms with Gasteiger partial charge in [0.05, 0.1) is 6.10 Å². The molecule has 3 rings (SSSR count). The zero-order chi connectivity index (χ0) is 12.5. The Labute approximate surface area is 108 Å². The molecule has 0 aromatic heterocycles. The van der Waals surface area contributed by atoms with Crippen LogP contribution < -0.4 is 4.74 Å². The topological polar surface area (TPSA) is 32.7 Å². The molecule has 1 N–H and O–H groups in total. The highest BCUT2D eigenvalue weighted by Gasteiger charge is 2.27. The predicted octanol–water partition coefficient (Wildman–Crippen LogP) is 1.76. The number of aliphatic hydroxyl groups excluding tert-OH is 1. The predicted molar refractivity (Wildman–Crippen MR) is 71.0 cm³/mol. The van der Waals surface area contributed by atoms with E-state index in [1.807, 2.05) is 0 Å². The normalized spacial score (nSPS) is 27.9. The number of hydrogen-bond acceptors (Lipinski definition) is 3. The number of benzene rings is 1. The largest absolute Gasteiger partial charge is 0.488 e. The molecule has 0 aliphatic carbocycles. The molecule has 1 saturated heterocycles. The lowest BCUT2D eigenvalue weighted by atomic mass is 10.1. The van der Waals surface area contributed by atoms with Crippen molar-refractivity contribution in [2.75, 3.05) is 19.6 Å². The smallest absolute Gasteiger partial charge is 0.123 e. The maximum atomic E-state index is 9.68. The van der Waals surface area contributed by atoms with Gasteiger partial charge in [-0.2, -0.15) is 0 Å². The summed E-state index contributed by atoms with van der Waals surface area (Å²) in [5, 5.41) is 9.68. The van der Waals surface area contributed by atoms with E-state index >= 15 is 0 Å². The van der Waals surface area contributed by atoms with Gasteiger partial charge >= 0.3 is 0 Å². The lowest BCUT2D eigenvalue weighted by Gasteiger charge is -2.31. The fraction of sp³-hybridized carbons (Fsp3) is 0.600. The summed E-state index contributed by atoms with van der Waals surface area (Å²) in [6.45, 7) is 4.95. The molecule has 2 atom stereocenters. The lowest BCUT2D eigenvalue weighted by molar-refractivity contribution is 0.0502. The third-order valence-corrected chi connectivity index (χ3v) is 3.90. The number of β-amino-alcohol motifs (C(OH)–C–C–N with tert-alkyl or cyclic N) is 1. The molecule has 98 valence electrons. The Hall–Kier alpha value is -1.06. The molecular weight excluding hydrogens is 226 g/mol. The van der Waals surface area contributed by atoms with E-state index in [1.54, 1.807) is 0 Å². The van der Waals surface area contributed by atoms with Gasteiger partial charge in [-0.25, -0.2) is 0 Å². The zero-order valence-electron chi connectivity index (χ0n) is 10.9. The Bertz CT molecular complexity index is 433. The lowest BCUT2D eigenvalue weighted by Crippen LogP contribution is -2.43. The van der Waals surface area contributed by atoms with Crippen LogP contribution in [0.5, 0.6) is 5.75 Å². The molecule has 1 fully saturated rings. The molecule has 1 aromatic carbocycles. The standard InChI is InChI=1S/C15H21NO2/c1-11-4-5-15-12(7-11)8-14(18-15)10-16-6-2-3-13(17)9-16/h4-5,7,13-14,17H,2-3,6,8-10H2,1H3. The number of hydrogen-bond donors (Lipinski definition) is 1. The Kier molecular flexibility index (Phi) is 3.27. The number of fused-ring (bicyclic) bond motifs is 1. The van der Waals surface area contributed by atoms with E-state index in [0.717, 1.165) is 44.6 Å². The van der Waals surface area contributed by atoms with Crippen LogP contribution in [0.25, 0.3) is 0 Å². The summed E-state index contributed by atoms with van der Waals surface area (Å²) in [5.41, 5.74) is 2.63. The van der Waals surface area contributed by atoms with E-state index in [9.17, 15) is 5.11 Å². The van der Waals surface area contributed by atoms with Gasteiger partial charge in [0, 0.05) is 19.5 Å². The van der Waals surface area contributed by atoms with Crippen LogP contribution in [0, 0.1) is 6.92 Å². The average molecular weight is 247 g/mol. The zero-order valence-corrected chi connectivity index (χ0v) is 10.9. The monoisotopic (exact) mass is 247 g/mol. The van der Waals surface area contributed by atoms with E-state index in [4.69, 9.17) is 4.74 Å². The number of likely N-dealkylation sites (tertiary alicyclic amines) is 1. The molecule has 0 amide bonds. The van der Waals surface area contributed by atoms with Crippen LogP contribution in [0.4, 0.5) is 0 Å². The van der Waals surface area contributed by atoms with Crippen molar-refractivity contribution in [1.29, 1.82) is 0 Å². The second-order valence-electron chi connectivity index (χ2n) is 5.61. The molecule has 2 aliphatic rings. The molecule has 0 spiro atoms. The van der Waals surface area contributed by atoms with Crippen LogP contribution >= 0.6 is 0 Å². The van der Waals surface area contributed by atoms with Gasteiger partial charge in [-0.15, -0.1) is 0 Å². The first-order chi connectivity index (χ1) is 8.70. The highest BCUT2D eigenvalue weighted by molar-refractivity contribution is 5.40. The van der Waals surface area contributed by atoms with Gasteiger partial charge in [-0.1, -0.05) is 17.7 Å². The molecule has 0 bridgehead atoms. The minimum Gasteiger partial charge on any atom is -0.488 e. The quantitative estimate of drug-likeness (QED) is 0.864. The van der Waals surface area contributed by atoms with E-state index in [2.05, 4.69) is 30.0 Å². The summed E-state index contributed by atoms with van der Waals surface area (Å²) in [4.78, 5) is 2.33. The number of aryl methyl sites for hydroxylation is 1. The van der Waals surface area contributed by atoms with Gasteiger partial charge < -0.3 is 9.84 Å². The van der Waals surface area contributed by atoms with Gasteiger partial charge in [-0.3, -0.25) is 4.90 Å². The molecule has 1 aromatic rings. The fourth-order valence-corrected chi connectivity index (χ4v) is 3.04. The van der Waals surface area contributed by atoms with Crippen molar-refractivity contribution in [3.8, 4) is 5.75 Å². The first kappa shape index (κ1) is 12.0. The molecule has 2 unspecified atom stereocenters. The summed E-state index contributed by atoms with van der Waals surface area (Å²) in [6.07, 6.45) is 3.15. The van der Waals surface area contributed by atoms with Crippen LogP contribution in [0.2, 0.25) is 0 Å². The van der Waals surface area contributed by atoms with Crippen LogP contribution in [0.3, 0.4) is 0 Å². The maximum absolute atomic E-state index is 9.68. The van der Waals surface area contributed by atoms with E-state index in [1.165, 1.54) is 11.1 Å². The SMILES string of the molecule is Cc1ccc2c(c1)CC(CN1CCCC(O)C1)O2. The molecular formula is C15H21NO2. The van der Waals surface area contributed by atoms with Gasteiger partial charge in [0.2, 0.25) is 0 Å². The van der Waals surface area contributed by atoms with Crippen molar-refractivity contribution in [3.05, 3.63) is 29.3 Å². The Morgan fingerprint density at radius 1 is 1.44 bits per heavy atom. The fourth-order valence-electron chi connectivity index (χ4n) is 3.04. The van der Waals surface area contributed by atoms with Gasteiger partial charge in [0.15, 0.2) is 0 Å². The van der Waals surface area contributed by atoms with Crippen LogP contribution in [0.1, 0.15) is 24.0 Å². The molecule has 2 heterocycles. The van der Waals surface area contributed by atoms with Crippen molar-refractivity contribution in [3.63, 3.8) is 0 Å². The van der Waals surface area contributed by atoms with Crippen LogP contribution in [0.15, 0.2) is 18.2 Å². The number of piperidine rings is 1. The first-order valence-electron chi connectivity index (χ1n) is 6.87. The molecule has 0 radical (unpaired) electrons. The van der Waals surface area contributed by atoms with Crippen LogP contribution in [-0.2, 0) is 6.42 Å². The van der Waals surface area contributed by atoms with Gasteiger partial charge in [0.25, 0.3) is 0 Å². The number of ether oxygens (including phenoxy) is 1. The summed E-state index contributed by atoms with van der Waals surface area (Å²) in [5.74, 6) is 1.04. The second-order valence-corrected chi connectivity index (χ2v) is 5.61. The second kappa shape index (κ2) is 4.90. The first-order valence-corrected chi connectivity index (χ1v) is 6.87. The Morgan fingerprint density at radius 3 is 3.17 bits per heavy atom. The van der Waals surface area contributed by atoms with Crippen molar-refractivity contribution < 1.29 is 9.84 Å². The van der Waals surface area contributed by atoms with Crippen molar-refractivity contribution in [2.45, 2.75) is 38.4 Å². The van der Waals surface area contributed by atoms with Gasteiger partial charge in [-0.05, 0) is 37.9 Å². The molecule has 3 nitrogen and oxygen atoms in total. The summed E-state index contributed by atoms with van der Waals surface area (Å²) in [6, 6.07) is 6.40. The Balaban J connectivity index is 1.60. The van der Waals surface area contributed by atoms with E-state index in [0.29, 0.717) is 0 Å². The highest BCUT2D eigenvalue weighted by Crippen LogP contribution is 2.30. The van der Waals surface area contributed by atoms with Crippen molar-refractivity contribution in [2.24, 2.45) is 0 Å². The van der Waals surface area contributed by atoms with E-state index in [-0.39, 0.29) is 12.2 Å². The van der Waals surface area contributed by atoms with Crippen molar-refractivity contribution in [1.82, 2.24) is 4.90 Å². The molecule has 2 aliphatic heterocycles. The number of rotatable bonds is 2. The summed E-state index contributed by atoms with van der Waals surface area (Å²) >= 11 is 0. The van der Waals surface area contributed by atoms with Crippen molar-refractivity contribution >= 4 is 0 Å². The van der Waals surface area contributed by atoms with E-state index < -0.39 is 0 Å². The molecule has 3 heteroatoms. The Morgan fingerprint density at radius 2 is 2.33 bits per heavy atom. The third-order valence-electron chi connectivity index (χ3n) is 3.90. The average Bonchev–Trinajstić information content (AvgIpc) is 2.70. The van der Waals surface area contributed by atoms with Gasteiger partial charge in [0.1, 0.15) is 11.9 Å². The minimum absolute atomic E-state index is 0.148. The highest BCUT2D eigenvalue weighted by atomic mass is 16.5. The molecule has 0 saturated carbocycles. The molecule has 18 heavy (non-hydrogen) atoms. The third kappa shape index (κ3) is 2.52. The number of aliphatic hydroxyl groups is 1. The number of nitrogens with zero attached hydrogens (tertiary/aromatic N) is 1.